The van der Waals surface area contributed by atoms with Crippen LogP contribution in [0.1, 0.15) is 0 Å². The molecule has 0 N–H and O–H groups in total. The maximum absolute atomic E-state index is 5.36. The highest BCUT2D eigenvalue weighted by molar-refractivity contribution is 14.1. The molecule has 0 aliphatic rings. The van der Waals surface area contributed by atoms with E-state index >= 15 is 0 Å². The first-order valence-corrected chi connectivity index (χ1v) is 2.87. The summed E-state index contributed by atoms with van der Waals surface area (Å²) in [4.78, 5) is 0. The van der Waals surface area contributed by atoms with Gasteiger partial charge in [-0.3, -0.25) is 0 Å². The van der Waals surface area contributed by atoms with Crippen molar-refractivity contribution in [1.82, 2.24) is 13.2 Å². The fraction of sp³-hybridized carbons (Fsp3) is 0. The van der Waals surface area contributed by atoms with Crippen molar-refractivity contribution in [2.45, 2.75) is 0 Å². The first-order valence-electron chi connectivity index (χ1n) is 1.53. The van der Waals surface area contributed by atoms with Crippen LogP contribution in [0.3, 0.4) is 0 Å². The van der Waals surface area contributed by atoms with Gasteiger partial charge >= 0.3 is 0 Å². The predicted octanol–water partition coefficient (Wildman–Crippen LogP) is 1.13. The largest absolute Gasteiger partial charge is 0.190 e. The standard InChI is InChI=1S/C2HClIN3/c3-2-1-7(4)6-5-2/h1H. The van der Waals surface area contributed by atoms with E-state index in [0.29, 0.717) is 5.15 Å². The molecule has 5 heteroatoms. The van der Waals surface area contributed by atoms with Crippen molar-refractivity contribution in [3.05, 3.63) is 11.3 Å². The van der Waals surface area contributed by atoms with Crippen molar-refractivity contribution in [1.29, 1.82) is 0 Å². The molecule has 0 amide bonds. The third kappa shape index (κ3) is 1.27. The Morgan fingerprint density at radius 1 is 1.86 bits per heavy atom. The van der Waals surface area contributed by atoms with Crippen molar-refractivity contribution in [3.8, 4) is 0 Å². The minimum Gasteiger partial charge on any atom is -0.190 e. The average Bonchev–Trinajstić information content (AvgIpc) is 1.87. The van der Waals surface area contributed by atoms with Gasteiger partial charge in [-0.05, 0) is 0 Å². The zero-order valence-corrected chi connectivity index (χ0v) is 6.09. The Labute approximate surface area is 59.1 Å². The molecule has 0 saturated carbocycles. The topological polar surface area (TPSA) is 30.7 Å². The summed E-state index contributed by atoms with van der Waals surface area (Å²) >= 11 is 7.32. The highest BCUT2D eigenvalue weighted by Crippen LogP contribution is 2.01. The summed E-state index contributed by atoms with van der Waals surface area (Å²) in [6, 6.07) is 0. The Balaban J connectivity index is 3.04. The van der Waals surface area contributed by atoms with Crippen LogP contribution in [0, 0.1) is 0 Å². The van der Waals surface area contributed by atoms with Crippen LogP contribution in [0.4, 0.5) is 0 Å². The van der Waals surface area contributed by atoms with Crippen molar-refractivity contribution in [2.75, 3.05) is 0 Å². The number of hydrogen-bond donors (Lipinski definition) is 0. The molecule has 0 fully saturated rings. The molecule has 1 aromatic heterocycles. The van der Waals surface area contributed by atoms with Gasteiger partial charge in [0.2, 0.25) is 0 Å². The molecule has 1 heterocycles. The summed E-state index contributed by atoms with van der Waals surface area (Å²) in [5.74, 6) is 0. The summed E-state index contributed by atoms with van der Waals surface area (Å²) in [6.45, 7) is 0. The van der Waals surface area contributed by atoms with Crippen LogP contribution in [0.15, 0.2) is 6.20 Å². The molecule has 1 rings (SSSR count). The molecule has 0 bridgehead atoms. The summed E-state index contributed by atoms with van der Waals surface area (Å²) in [6.07, 6.45) is 1.61. The molecule has 0 aromatic carbocycles. The van der Waals surface area contributed by atoms with Gasteiger partial charge < -0.3 is 0 Å². The molecule has 0 saturated heterocycles. The van der Waals surface area contributed by atoms with E-state index in [1.165, 1.54) is 2.90 Å². The minimum atomic E-state index is 0.425. The van der Waals surface area contributed by atoms with Crippen molar-refractivity contribution < 1.29 is 0 Å². The Kier molecular flexibility index (Phi) is 1.48. The lowest BCUT2D eigenvalue weighted by atomic mass is 11.0. The average molecular weight is 229 g/mol. The van der Waals surface area contributed by atoms with Gasteiger partial charge in [-0.2, -0.15) is 2.90 Å². The Morgan fingerprint density at radius 2 is 2.57 bits per heavy atom. The van der Waals surface area contributed by atoms with Gasteiger partial charge in [0.1, 0.15) is 0 Å². The number of halogens is 2. The second kappa shape index (κ2) is 1.95. The Morgan fingerprint density at radius 3 is 2.71 bits per heavy atom. The summed E-state index contributed by atoms with van der Waals surface area (Å²) < 4.78 is 1.51. The van der Waals surface area contributed by atoms with Gasteiger partial charge in [0.05, 0.1) is 29.1 Å². The molecule has 7 heavy (non-hydrogen) atoms. The second-order valence-electron chi connectivity index (χ2n) is 0.930. The van der Waals surface area contributed by atoms with E-state index in [4.69, 9.17) is 11.6 Å². The van der Waals surface area contributed by atoms with Crippen molar-refractivity contribution in [3.63, 3.8) is 0 Å². The first-order chi connectivity index (χ1) is 3.29. The maximum atomic E-state index is 5.36. The van der Waals surface area contributed by atoms with E-state index in [1.807, 2.05) is 22.9 Å². The van der Waals surface area contributed by atoms with Gasteiger partial charge in [0, 0.05) is 0 Å². The van der Waals surface area contributed by atoms with Gasteiger partial charge in [0.15, 0.2) is 5.15 Å². The molecule has 1 aromatic rings. The Hall–Kier alpha value is 0.160. The third-order valence-corrected chi connectivity index (χ3v) is 1.08. The summed E-state index contributed by atoms with van der Waals surface area (Å²) in [5.41, 5.74) is 0. The normalized spacial score (nSPS) is 9.43. The van der Waals surface area contributed by atoms with Crippen LogP contribution in [-0.2, 0) is 0 Å². The van der Waals surface area contributed by atoms with Crippen LogP contribution >= 0.6 is 34.5 Å². The number of rotatable bonds is 0. The Bertz CT molecular complexity index is 145. The molecule has 0 spiro atoms. The zero-order valence-electron chi connectivity index (χ0n) is 3.17. The molecule has 0 aliphatic heterocycles. The molecule has 0 atom stereocenters. The number of aromatic nitrogens is 3. The predicted molar refractivity (Wildman–Crippen MR) is 34.4 cm³/mol. The molecule has 0 unspecified atom stereocenters. The molecule has 0 aliphatic carbocycles. The van der Waals surface area contributed by atoms with Crippen LogP contribution < -0.4 is 0 Å². The molecule has 38 valence electrons. The van der Waals surface area contributed by atoms with E-state index in [0.717, 1.165) is 0 Å². The second-order valence-corrected chi connectivity index (χ2v) is 2.31. The fourth-order valence-electron chi connectivity index (χ4n) is 0.225. The maximum Gasteiger partial charge on any atom is 0.172 e. The van der Waals surface area contributed by atoms with E-state index in [1.54, 1.807) is 6.20 Å². The first kappa shape index (κ1) is 5.30. The van der Waals surface area contributed by atoms with Crippen molar-refractivity contribution in [2.24, 2.45) is 0 Å². The van der Waals surface area contributed by atoms with Crippen LogP contribution in [-0.4, -0.2) is 13.2 Å². The monoisotopic (exact) mass is 229 g/mol. The zero-order chi connectivity index (χ0) is 5.28. The van der Waals surface area contributed by atoms with Crippen LogP contribution in [0.2, 0.25) is 5.15 Å². The quantitative estimate of drug-likeness (QED) is 0.624. The lowest BCUT2D eigenvalue weighted by molar-refractivity contribution is 0.919. The van der Waals surface area contributed by atoms with E-state index in [2.05, 4.69) is 10.3 Å². The third-order valence-electron chi connectivity index (χ3n) is 0.439. The number of nitrogens with zero attached hydrogens (tertiary/aromatic N) is 3. The van der Waals surface area contributed by atoms with E-state index in [-0.39, 0.29) is 0 Å². The van der Waals surface area contributed by atoms with Crippen molar-refractivity contribution >= 4 is 34.5 Å². The lowest BCUT2D eigenvalue weighted by Crippen LogP contribution is -1.75. The molecular formula is C2HClIN3. The molecule has 0 radical (unpaired) electrons. The minimum absolute atomic E-state index is 0.425. The van der Waals surface area contributed by atoms with Gasteiger partial charge in [-0.1, -0.05) is 16.8 Å². The smallest absolute Gasteiger partial charge is 0.172 e. The van der Waals surface area contributed by atoms with E-state index < -0.39 is 0 Å². The molecular weight excluding hydrogens is 228 g/mol. The van der Waals surface area contributed by atoms with Crippen LogP contribution in [0.25, 0.3) is 0 Å². The highest BCUT2D eigenvalue weighted by Gasteiger charge is 1.88. The van der Waals surface area contributed by atoms with E-state index in [9.17, 15) is 0 Å². The van der Waals surface area contributed by atoms with Gasteiger partial charge in [0.25, 0.3) is 0 Å². The fourth-order valence-corrected chi connectivity index (χ4v) is 0.876. The van der Waals surface area contributed by atoms with Gasteiger partial charge in [-0.25, -0.2) is 0 Å². The SMILES string of the molecule is Clc1cn(I)nn1. The lowest BCUT2D eigenvalue weighted by Gasteiger charge is -1.70. The van der Waals surface area contributed by atoms with Crippen LogP contribution in [0.5, 0.6) is 0 Å². The highest BCUT2D eigenvalue weighted by atomic mass is 127. The van der Waals surface area contributed by atoms with Gasteiger partial charge in [-0.15, -0.1) is 5.10 Å². The summed E-state index contributed by atoms with van der Waals surface area (Å²) in [7, 11) is 0. The summed E-state index contributed by atoms with van der Waals surface area (Å²) in [5, 5.41) is 7.45. The molecule has 3 nitrogen and oxygen atoms in total. The number of hydrogen-bond acceptors (Lipinski definition) is 2.